The molecule has 0 amide bonds. The summed E-state index contributed by atoms with van der Waals surface area (Å²) in [5.74, 6) is 0.756. The maximum Gasteiger partial charge on any atom is 0.0583 e. The van der Waals surface area contributed by atoms with E-state index in [0.717, 1.165) is 5.92 Å². The zero-order valence-electron chi connectivity index (χ0n) is 14.9. The summed E-state index contributed by atoms with van der Waals surface area (Å²) in [6, 6.07) is 9.13. The summed E-state index contributed by atoms with van der Waals surface area (Å²) in [6.07, 6.45) is 15.6. The molecular weight excluding hydrogens is 278 g/mol. The van der Waals surface area contributed by atoms with E-state index in [9.17, 15) is 0 Å². The number of benzene rings is 1. The lowest BCUT2D eigenvalue weighted by Crippen LogP contribution is -2.40. The molecule has 1 N–H and O–H groups in total. The van der Waals surface area contributed by atoms with Gasteiger partial charge in [-0.1, -0.05) is 68.2 Å². The first-order valence-corrected chi connectivity index (χ1v) is 9.29. The molecule has 0 heterocycles. The van der Waals surface area contributed by atoms with Gasteiger partial charge in [-0.25, -0.2) is 0 Å². The number of rotatable bonds is 2. The molecular formula is C22H31N. The lowest BCUT2D eigenvalue weighted by molar-refractivity contribution is 0.388. The Labute approximate surface area is 141 Å². The summed E-state index contributed by atoms with van der Waals surface area (Å²) < 4.78 is 0. The SMILES string of the molecule is CC(C)(C)NC1C(=CC2CCCCCC2)C=Cc2ccccc21. The van der Waals surface area contributed by atoms with Crippen LogP contribution in [0.25, 0.3) is 6.08 Å². The Morgan fingerprint density at radius 3 is 2.35 bits per heavy atom. The number of hydrogen-bond donors (Lipinski definition) is 1. The molecule has 124 valence electrons. The minimum atomic E-state index is 0.103. The van der Waals surface area contributed by atoms with E-state index >= 15 is 0 Å². The fraction of sp³-hybridized carbons (Fsp3) is 0.545. The van der Waals surface area contributed by atoms with E-state index in [-0.39, 0.29) is 5.54 Å². The fourth-order valence-electron chi connectivity index (χ4n) is 3.88. The smallest absolute Gasteiger partial charge is 0.0583 e. The monoisotopic (exact) mass is 309 g/mol. The van der Waals surface area contributed by atoms with Crippen LogP contribution in [-0.2, 0) is 0 Å². The average molecular weight is 309 g/mol. The normalized spacial score (nSPS) is 24.5. The molecule has 0 radical (unpaired) electrons. The molecule has 1 saturated carbocycles. The first-order chi connectivity index (χ1) is 11.0. The molecule has 1 atom stereocenters. The Bertz CT molecular complexity index is 580. The van der Waals surface area contributed by atoms with Crippen LogP contribution in [0.5, 0.6) is 0 Å². The molecule has 0 spiro atoms. The first kappa shape index (κ1) is 16.5. The first-order valence-electron chi connectivity index (χ1n) is 9.29. The van der Waals surface area contributed by atoms with Gasteiger partial charge in [0.15, 0.2) is 0 Å². The van der Waals surface area contributed by atoms with Crippen LogP contribution in [0.4, 0.5) is 0 Å². The molecule has 0 saturated heterocycles. The van der Waals surface area contributed by atoms with Crippen molar-refractivity contribution in [3.8, 4) is 0 Å². The number of fused-ring (bicyclic) bond motifs is 1. The lowest BCUT2D eigenvalue weighted by atomic mass is 9.84. The minimum Gasteiger partial charge on any atom is -0.301 e. The number of hydrogen-bond acceptors (Lipinski definition) is 1. The third kappa shape index (κ3) is 4.35. The third-order valence-corrected chi connectivity index (χ3v) is 5.00. The van der Waals surface area contributed by atoms with Crippen LogP contribution in [0.2, 0.25) is 0 Å². The van der Waals surface area contributed by atoms with Gasteiger partial charge in [0.2, 0.25) is 0 Å². The van der Waals surface area contributed by atoms with Crippen molar-refractivity contribution in [1.29, 1.82) is 0 Å². The van der Waals surface area contributed by atoms with Crippen molar-refractivity contribution >= 4 is 6.08 Å². The zero-order valence-corrected chi connectivity index (χ0v) is 14.9. The molecule has 1 heteroatoms. The molecule has 1 unspecified atom stereocenters. The van der Waals surface area contributed by atoms with Crippen LogP contribution >= 0.6 is 0 Å². The highest BCUT2D eigenvalue weighted by Crippen LogP contribution is 2.35. The highest BCUT2D eigenvalue weighted by molar-refractivity contribution is 5.64. The second-order valence-corrected chi connectivity index (χ2v) is 8.21. The van der Waals surface area contributed by atoms with E-state index in [0.29, 0.717) is 6.04 Å². The van der Waals surface area contributed by atoms with Crippen molar-refractivity contribution in [1.82, 2.24) is 5.32 Å². The molecule has 1 aromatic rings. The number of allylic oxidation sites excluding steroid dienone is 1. The van der Waals surface area contributed by atoms with E-state index in [4.69, 9.17) is 0 Å². The van der Waals surface area contributed by atoms with Crippen molar-refractivity contribution < 1.29 is 0 Å². The van der Waals surface area contributed by atoms with E-state index in [1.165, 1.54) is 55.2 Å². The largest absolute Gasteiger partial charge is 0.301 e. The quantitative estimate of drug-likeness (QED) is 0.657. The summed E-state index contributed by atoms with van der Waals surface area (Å²) >= 11 is 0. The summed E-state index contributed by atoms with van der Waals surface area (Å²) in [5.41, 5.74) is 4.34. The van der Waals surface area contributed by atoms with Crippen molar-refractivity contribution in [2.24, 2.45) is 5.92 Å². The second kappa shape index (κ2) is 7.05. The van der Waals surface area contributed by atoms with Gasteiger partial charge in [-0.3, -0.25) is 0 Å². The van der Waals surface area contributed by atoms with Gasteiger partial charge in [0.05, 0.1) is 6.04 Å². The van der Waals surface area contributed by atoms with Gasteiger partial charge in [0.1, 0.15) is 0 Å². The standard InChI is InChI=1S/C22H31N/c1-22(2,3)23-21-19(16-17-10-6-4-5-7-11-17)15-14-18-12-8-9-13-20(18)21/h8-9,12-17,21,23H,4-7,10-11H2,1-3H3. The zero-order chi connectivity index (χ0) is 16.3. The molecule has 23 heavy (non-hydrogen) atoms. The van der Waals surface area contributed by atoms with Gasteiger partial charge in [0, 0.05) is 5.54 Å². The summed E-state index contributed by atoms with van der Waals surface area (Å²) in [6.45, 7) is 6.78. The Kier molecular flexibility index (Phi) is 5.06. The Morgan fingerprint density at radius 1 is 0.957 bits per heavy atom. The fourth-order valence-corrected chi connectivity index (χ4v) is 3.88. The maximum absolute atomic E-state index is 3.85. The van der Waals surface area contributed by atoms with Crippen molar-refractivity contribution in [2.75, 3.05) is 0 Å². The number of nitrogens with one attached hydrogen (secondary N) is 1. The van der Waals surface area contributed by atoms with Crippen LogP contribution in [0.15, 0.2) is 42.0 Å². The Hall–Kier alpha value is -1.34. The van der Waals surface area contributed by atoms with E-state index in [1.54, 1.807) is 0 Å². The van der Waals surface area contributed by atoms with Crippen molar-refractivity contribution in [2.45, 2.75) is 70.9 Å². The van der Waals surface area contributed by atoms with Gasteiger partial charge < -0.3 is 5.32 Å². The van der Waals surface area contributed by atoms with Crippen molar-refractivity contribution in [3.63, 3.8) is 0 Å². The second-order valence-electron chi connectivity index (χ2n) is 8.21. The van der Waals surface area contributed by atoms with Crippen molar-refractivity contribution in [3.05, 3.63) is 53.1 Å². The van der Waals surface area contributed by atoms with Gasteiger partial charge in [-0.2, -0.15) is 0 Å². The molecule has 1 fully saturated rings. The topological polar surface area (TPSA) is 12.0 Å². The molecule has 1 aromatic carbocycles. The Balaban J connectivity index is 1.91. The molecule has 0 aliphatic heterocycles. The maximum atomic E-state index is 3.85. The highest BCUT2D eigenvalue weighted by atomic mass is 15.0. The van der Waals surface area contributed by atoms with Crippen LogP contribution in [0.1, 0.15) is 76.5 Å². The van der Waals surface area contributed by atoms with E-state index in [1.807, 2.05) is 0 Å². The predicted molar refractivity (Wildman–Crippen MR) is 100 cm³/mol. The van der Waals surface area contributed by atoms with Crippen LogP contribution in [0, 0.1) is 5.92 Å². The average Bonchev–Trinajstić information content (AvgIpc) is 2.77. The molecule has 0 aromatic heterocycles. The predicted octanol–water partition coefficient (Wildman–Crippen LogP) is 6.04. The summed E-state index contributed by atoms with van der Waals surface area (Å²) in [4.78, 5) is 0. The van der Waals surface area contributed by atoms with Gasteiger partial charge >= 0.3 is 0 Å². The van der Waals surface area contributed by atoms with Gasteiger partial charge in [-0.05, 0) is 56.2 Å². The highest BCUT2D eigenvalue weighted by Gasteiger charge is 2.26. The minimum absolute atomic E-state index is 0.103. The third-order valence-electron chi connectivity index (χ3n) is 5.00. The molecule has 1 nitrogen and oxygen atoms in total. The van der Waals surface area contributed by atoms with E-state index < -0.39 is 0 Å². The van der Waals surface area contributed by atoms with Crippen LogP contribution in [-0.4, -0.2) is 5.54 Å². The Morgan fingerprint density at radius 2 is 1.65 bits per heavy atom. The molecule has 2 aliphatic rings. The molecule has 0 bridgehead atoms. The van der Waals surface area contributed by atoms with Gasteiger partial charge in [-0.15, -0.1) is 0 Å². The molecule has 2 aliphatic carbocycles. The van der Waals surface area contributed by atoms with Crippen LogP contribution in [0.3, 0.4) is 0 Å². The summed E-state index contributed by atoms with van der Waals surface area (Å²) in [7, 11) is 0. The van der Waals surface area contributed by atoms with Crippen LogP contribution < -0.4 is 5.32 Å². The van der Waals surface area contributed by atoms with Gasteiger partial charge in [0.25, 0.3) is 0 Å². The van der Waals surface area contributed by atoms with E-state index in [2.05, 4.69) is 68.6 Å². The molecule has 3 rings (SSSR count). The lowest BCUT2D eigenvalue weighted by Gasteiger charge is -2.33. The summed E-state index contributed by atoms with van der Waals surface area (Å²) in [5, 5.41) is 3.85.